The molecule has 0 amide bonds. The molecule has 0 bridgehead atoms. The number of ether oxygens (including phenoxy) is 1. The van der Waals surface area contributed by atoms with Crippen LogP contribution in [0.15, 0.2) is 0 Å². The van der Waals surface area contributed by atoms with Crippen LogP contribution in [-0.4, -0.2) is 48.5 Å². The third-order valence-electron chi connectivity index (χ3n) is 3.34. The van der Waals surface area contributed by atoms with E-state index in [4.69, 9.17) is 4.74 Å². The molecule has 2 atom stereocenters. The van der Waals surface area contributed by atoms with Gasteiger partial charge in [-0.1, -0.05) is 13.8 Å². The van der Waals surface area contributed by atoms with Crippen molar-refractivity contribution in [3.8, 4) is 0 Å². The summed E-state index contributed by atoms with van der Waals surface area (Å²) in [7, 11) is 0. The molecule has 3 nitrogen and oxygen atoms in total. The molecule has 3 heteroatoms. The standard InChI is InChI=1S/C13H27NO2/c1-10(2)12-5-6-14(7-12)8-13(15)9-16-11(3)4/h10-13,15H,5-9H2,1-4H3. The highest BCUT2D eigenvalue weighted by Crippen LogP contribution is 2.23. The summed E-state index contributed by atoms with van der Waals surface area (Å²) in [5.41, 5.74) is 0. The zero-order valence-corrected chi connectivity index (χ0v) is 11.1. The number of hydrogen-bond donors (Lipinski definition) is 1. The molecule has 0 aromatic rings. The Morgan fingerprint density at radius 3 is 2.50 bits per heavy atom. The lowest BCUT2D eigenvalue weighted by molar-refractivity contribution is -0.00635. The molecule has 0 radical (unpaired) electrons. The Morgan fingerprint density at radius 2 is 2.00 bits per heavy atom. The van der Waals surface area contributed by atoms with Gasteiger partial charge in [-0.15, -0.1) is 0 Å². The van der Waals surface area contributed by atoms with Gasteiger partial charge in [-0.2, -0.15) is 0 Å². The molecule has 1 fully saturated rings. The number of β-amino-alcohol motifs (C(OH)–C–C–N with tert-alkyl or cyclic N) is 1. The number of rotatable bonds is 6. The maximum absolute atomic E-state index is 9.82. The number of nitrogens with zero attached hydrogens (tertiary/aromatic N) is 1. The van der Waals surface area contributed by atoms with E-state index in [1.54, 1.807) is 0 Å². The van der Waals surface area contributed by atoms with Crippen molar-refractivity contribution in [2.75, 3.05) is 26.2 Å². The Morgan fingerprint density at radius 1 is 1.31 bits per heavy atom. The van der Waals surface area contributed by atoms with Crippen LogP contribution in [0, 0.1) is 11.8 Å². The molecule has 1 aliphatic rings. The summed E-state index contributed by atoms with van der Waals surface area (Å²) >= 11 is 0. The monoisotopic (exact) mass is 229 g/mol. The van der Waals surface area contributed by atoms with Crippen molar-refractivity contribution in [3.63, 3.8) is 0 Å². The summed E-state index contributed by atoms with van der Waals surface area (Å²) in [5, 5.41) is 9.82. The van der Waals surface area contributed by atoms with Gasteiger partial charge in [0.2, 0.25) is 0 Å². The molecule has 2 unspecified atom stereocenters. The molecular formula is C13H27NO2. The summed E-state index contributed by atoms with van der Waals surface area (Å²) in [6.45, 7) is 12.0. The Labute approximate surface area is 99.8 Å². The smallest absolute Gasteiger partial charge is 0.0900 e. The number of aliphatic hydroxyl groups excluding tert-OH is 1. The fraction of sp³-hybridized carbons (Fsp3) is 1.00. The van der Waals surface area contributed by atoms with Crippen LogP contribution in [0.4, 0.5) is 0 Å². The van der Waals surface area contributed by atoms with E-state index in [9.17, 15) is 5.11 Å². The van der Waals surface area contributed by atoms with Crippen LogP contribution in [0.1, 0.15) is 34.1 Å². The molecule has 0 aromatic heterocycles. The number of aliphatic hydroxyl groups is 1. The Kier molecular flexibility index (Phi) is 5.73. The molecule has 1 saturated heterocycles. The molecule has 0 spiro atoms. The predicted octanol–water partition coefficient (Wildman–Crippen LogP) is 1.75. The van der Waals surface area contributed by atoms with Gasteiger partial charge in [-0.3, -0.25) is 0 Å². The first-order valence-corrected chi connectivity index (χ1v) is 6.51. The Hall–Kier alpha value is -0.120. The van der Waals surface area contributed by atoms with E-state index in [1.165, 1.54) is 6.42 Å². The highest BCUT2D eigenvalue weighted by Gasteiger charge is 2.25. The molecule has 1 heterocycles. The van der Waals surface area contributed by atoms with Crippen LogP contribution in [0.5, 0.6) is 0 Å². The van der Waals surface area contributed by atoms with E-state index in [1.807, 2.05) is 13.8 Å². The first-order chi connectivity index (χ1) is 7.49. The van der Waals surface area contributed by atoms with Gasteiger partial charge in [0.05, 0.1) is 18.8 Å². The van der Waals surface area contributed by atoms with Gasteiger partial charge in [-0.05, 0) is 38.6 Å². The maximum atomic E-state index is 9.82. The summed E-state index contributed by atoms with van der Waals surface area (Å²) < 4.78 is 5.41. The largest absolute Gasteiger partial charge is 0.389 e. The second-order valence-electron chi connectivity index (χ2n) is 5.59. The number of hydrogen-bond acceptors (Lipinski definition) is 3. The van der Waals surface area contributed by atoms with Gasteiger partial charge in [0.15, 0.2) is 0 Å². The van der Waals surface area contributed by atoms with E-state index in [-0.39, 0.29) is 12.2 Å². The average Bonchev–Trinajstić information content (AvgIpc) is 2.63. The zero-order valence-electron chi connectivity index (χ0n) is 11.1. The summed E-state index contributed by atoms with van der Waals surface area (Å²) in [5.74, 6) is 1.56. The van der Waals surface area contributed by atoms with Gasteiger partial charge < -0.3 is 14.7 Å². The maximum Gasteiger partial charge on any atom is 0.0900 e. The van der Waals surface area contributed by atoms with Crippen LogP contribution in [-0.2, 0) is 4.74 Å². The normalized spacial score (nSPS) is 24.6. The molecule has 1 N–H and O–H groups in total. The van der Waals surface area contributed by atoms with Crippen molar-refractivity contribution >= 4 is 0 Å². The van der Waals surface area contributed by atoms with Crippen molar-refractivity contribution < 1.29 is 9.84 Å². The highest BCUT2D eigenvalue weighted by atomic mass is 16.5. The van der Waals surface area contributed by atoms with E-state index >= 15 is 0 Å². The van der Waals surface area contributed by atoms with Crippen LogP contribution >= 0.6 is 0 Å². The lowest BCUT2D eigenvalue weighted by Crippen LogP contribution is -2.34. The average molecular weight is 229 g/mol. The third kappa shape index (κ3) is 4.81. The lowest BCUT2D eigenvalue weighted by Gasteiger charge is -2.21. The summed E-state index contributed by atoms with van der Waals surface area (Å²) in [4.78, 5) is 2.36. The Bertz CT molecular complexity index is 194. The lowest BCUT2D eigenvalue weighted by atomic mass is 9.95. The second-order valence-corrected chi connectivity index (χ2v) is 5.59. The van der Waals surface area contributed by atoms with Crippen molar-refractivity contribution in [1.29, 1.82) is 0 Å². The first kappa shape index (κ1) is 13.9. The molecule has 0 aliphatic carbocycles. The van der Waals surface area contributed by atoms with Crippen LogP contribution in [0.3, 0.4) is 0 Å². The van der Waals surface area contributed by atoms with Crippen LogP contribution in [0.2, 0.25) is 0 Å². The Balaban J connectivity index is 2.18. The molecule has 16 heavy (non-hydrogen) atoms. The minimum Gasteiger partial charge on any atom is -0.389 e. The molecule has 0 aromatic carbocycles. The summed E-state index contributed by atoms with van der Waals surface area (Å²) in [6, 6.07) is 0. The van der Waals surface area contributed by atoms with Gasteiger partial charge in [0.25, 0.3) is 0 Å². The quantitative estimate of drug-likeness (QED) is 0.753. The fourth-order valence-electron chi connectivity index (χ4n) is 2.23. The van der Waals surface area contributed by atoms with Crippen molar-refractivity contribution in [3.05, 3.63) is 0 Å². The number of likely N-dealkylation sites (tertiary alicyclic amines) is 1. The SMILES string of the molecule is CC(C)OCC(O)CN1CCC(C(C)C)C1. The topological polar surface area (TPSA) is 32.7 Å². The first-order valence-electron chi connectivity index (χ1n) is 6.51. The molecule has 0 saturated carbocycles. The highest BCUT2D eigenvalue weighted by molar-refractivity contribution is 4.79. The fourth-order valence-corrected chi connectivity index (χ4v) is 2.23. The van der Waals surface area contributed by atoms with Gasteiger partial charge >= 0.3 is 0 Å². The van der Waals surface area contributed by atoms with E-state index in [0.717, 1.165) is 31.5 Å². The van der Waals surface area contributed by atoms with E-state index in [2.05, 4.69) is 18.7 Å². The molecular weight excluding hydrogens is 202 g/mol. The van der Waals surface area contributed by atoms with E-state index < -0.39 is 0 Å². The van der Waals surface area contributed by atoms with Crippen molar-refractivity contribution in [2.45, 2.75) is 46.3 Å². The third-order valence-corrected chi connectivity index (χ3v) is 3.34. The van der Waals surface area contributed by atoms with Gasteiger partial charge in [0, 0.05) is 13.1 Å². The second kappa shape index (κ2) is 6.58. The van der Waals surface area contributed by atoms with Crippen LogP contribution in [0.25, 0.3) is 0 Å². The minimum atomic E-state index is -0.340. The minimum absolute atomic E-state index is 0.205. The van der Waals surface area contributed by atoms with Gasteiger partial charge in [0.1, 0.15) is 0 Å². The van der Waals surface area contributed by atoms with Crippen molar-refractivity contribution in [1.82, 2.24) is 4.90 Å². The molecule has 1 rings (SSSR count). The summed E-state index contributed by atoms with van der Waals surface area (Å²) in [6.07, 6.45) is 1.14. The van der Waals surface area contributed by atoms with Gasteiger partial charge in [-0.25, -0.2) is 0 Å². The molecule has 96 valence electrons. The van der Waals surface area contributed by atoms with E-state index in [0.29, 0.717) is 6.61 Å². The van der Waals surface area contributed by atoms with Crippen molar-refractivity contribution in [2.24, 2.45) is 11.8 Å². The van der Waals surface area contributed by atoms with Crippen LogP contribution < -0.4 is 0 Å². The predicted molar refractivity (Wildman–Crippen MR) is 66.5 cm³/mol. The zero-order chi connectivity index (χ0) is 12.1. The molecule has 1 aliphatic heterocycles.